The first kappa shape index (κ1) is 13.5. The van der Waals surface area contributed by atoms with Gasteiger partial charge in [-0.1, -0.05) is 6.07 Å². The van der Waals surface area contributed by atoms with Crippen LogP contribution in [0.3, 0.4) is 0 Å². The predicted molar refractivity (Wildman–Crippen MR) is 70.1 cm³/mol. The lowest BCUT2D eigenvalue weighted by Crippen LogP contribution is -2.03. The largest absolute Gasteiger partial charge is 0.385 e. The summed E-state index contributed by atoms with van der Waals surface area (Å²) in [5.74, 6) is 0. The third-order valence-electron chi connectivity index (χ3n) is 2.64. The SMILES string of the molecule is COCCCCCNc1ccc(C)cc1C#N. The number of hydrogen-bond acceptors (Lipinski definition) is 3. The van der Waals surface area contributed by atoms with Crippen LogP contribution in [0.1, 0.15) is 30.4 Å². The molecule has 0 fully saturated rings. The molecule has 1 aromatic rings. The second kappa shape index (κ2) is 7.70. The summed E-state index contributed by atoms with van der Waals surface area (Å²) in [6.07, 6.45) is 3.34. The van der Waals surface area contributed by atoms with Crippen molar-refractivity contribution in [1.29, 1.82) is 5.26 Å². The van der Waals surface area contributed by atoms with Crippen LogP contribution in [0.15, 0.2) is 18.2 Å². The second-order valence-electron chi connectivity index (χ2n) is 4.14. The zero-order valence-electron chi connectivity index (χ0n) is 10.6. The van der Waals surface area contributed by atoms with Crippen molar-refractivity contribution in [2.45, 2.75) is 26.2 Å². The molecule has 0 spiro atoms. The fraction of sp³-hybridized carbons (Fsp3) is 0.500. The molecular formula is C14H20N2O. The molecule has 3 nitrogen and oxygen atoms in total. The first-order valence-corrected chi connectivity index (χ1v) is 6.01. The Bertz CT molecular complexity index is 382. The molecule has 0 aliphatic rings. The van der Waals surface area contributed by atoms with E-state index in [9.17, 15) is 0 Å². The van der Waals surface area contributed by atoms with Gasteiger partial charge in [-0.05, 0) is 43.9 Å². The minimum absolute atomic E-state index is 0.724. The zero-order valence-corrected chi connectivity index (χ0v) is 10.6. The van der Waals surface area contributed by atoms with Crippen molar-refractivity contribution in [2.75, 3.05) is 25.6 Å². The number of rotatable bonds is 7. The van der Waals surface area contributed by atoms with Gasteiger partial charge >= 0.3 is 0 Å². The number of unbranched alkanes of at least 4 members (excludes halogenated alkanes) is 2. The van der Waals surface area contributed by atoms with Crippen LogP contribution in [0, 0.1) is 18.3 Å². The Labute approximate surface area is 103 Å². The van der Waals surface area contributed by atoms with Crippen molar-refractivity contribution < 1.29 is 4.74 Å². The molecule has 0 aliphatic heterocycles. The zero-order chi connectivity index (χ0) is 12.5. The Morgan fingerprint density at radius 3 is 2.82 bits per heavy atom. The van der Waals surface area contributed by atoms with E-state index in [1.165, 1.54) is 0 Å². The average Bonchev–Trinajstić information content (AvgIpc) is 2.35. The Kier molecular flexibility index (Phi) is 6.13. The second-order valence-corrected chi connectivity index (χ2v) is 4.14. The van der Waals surface area contributed by atoms with Crippen molar-refractivity contribution in [2.24, 2.45) is 0 Å². The summed E-state index contributed by atoms with van der Waals surface area (Å²) >= 11 is 0. The van der Waals surface area contributed by atoms with Crippen LogP contribution in [0.4, 0.5) is 5.69 Å². The summed E-state index contributed by atoms with van der Waals surface area (Å²) in [5, 5.41) is 12.3. The molecular weight excluding hydrogens is 212 g/mol. The maximum absolute atomic E-state index is 9.01. The van der Waals surface area contributed by atoms with Crippen molar-refractivity contribution in [3.63, 3.8) is 0 Å². The number of aryl methyl sites for hydroxylation is 1. The van der Waals surface area contributed by atoms with Gasteiger partial charge in [0.25, 0.3) is 0 Å². The Hall–Kier alpha value is -1.53. The van der Waals surface area contributed by atoms with Gasteiger partial charge in [-0.15, -0.1) is 0 Å². The molecule has 1 rings (SSSR count). The molecule has 1 N–H and O–H groups in total. The van der Waals surface area contributed by atoms with Crippen LogP contribution in [0.5, 0.6) is 0 Å². The quantitative estimate of drug-likeness (QED) is 0.735. The maximum Gasteiger partial charge on any atom is 0.101 e. The van der Waals surface area contributed by atoms with Gasteiger partial charge in [-0.2, -0.15) is 5.26 Å². The van der Waals surface area contributed by atoms with Gasteiger partial charge in [0.2, 0.25) is 0 Å². The molecule has 0 bridgehead atoms. The standard InChI is InChI=1S/C14H20N2O/c1-12-6-7-14(13(10-12)11-15)16-8-4-3-5-9-17-2/h6-7,10,16H,3-5,8-9H2,1-2H3. The first-order valence-electron chi connectivity index (χ1n) is 6.01. The minimum Gasteiger partial charge on any atom is -0.385 e. The fourth-order valence-corrected chi connectivity index (χ4v) is 1.68. The number of anilines is 1. The predicted octanol–water partition coefficient (Wildman–Crippen LogP) is 3.10. The number of ether oxygens (including phenoxy) is 1. The highest BCUT2D eigenvalue weighted by molar-refractivity contribution is 5.58. The van der Waals surface area contributed by atoms with Crippen molar-refractivity contribution >= 4 is 5.69 Å². The highest BCUT2D eigenvalue weighted by atomic mass is 16.5. The molecule has 92 valence electrons. The molecule has 0 saturated carbocycles. The first-order chi connectivity index (χ1) is 8.27. The molecule has 0 amide bonds. The summed E-state index contributed by atoms with van der Waals surface area (Å²) in [6, 6.07) is 8.12. The van der Waals surface area contributed by atoms with E-state index in [0.29, 0.717) is 0 Å². The summed E-state index contributed by atoms with van der Waals surface area (Å²) in [5.41, 5.74) is 2.78. The van der Waals surface area contributed by atoms with E-state index < -0.39 is 0 Å². The minimum atomic E-state index is 0.724. The summed E-state index contributed by atoms with van der Waals surface area (Å²) in [4.78, 5) is 0. The summed E-state index contributed by atoms with van der Waals surface area (Å²) in [7, 11) is 1.73. The molecule has 1 aromatic carbocycles. The van der Waals surface area contributed by atoms with Gasteiger partial charge in [-0.25, -0.2) is 0 Å². The lowest BCUT2D eigenvalue weighted by molar-refractivity contribution is 0.192. The van der Waals surface area contributed by atoms with E-state index in [2.05, 4.69) is 11.4 Å². The topological polar surface area (TPSA) is 45.0 Å². The van der Waals surface area contributed by atoms with Crippen LogP contribution < -0.4 is 5.32 Å². The molecule has 17 heavy (non-hydrogen) atoms. The van der Waals surface area contributed by atoms with E-state index in [1.807, 2.05) is 25.1 Å². The number of nitrogens with zero attached hydrogens (tertiary/aromatic N) is 1. The Morgan fingerprint density at radius 1 is 1.29 bits per heavy atom. The van der Waals surface area contributed by atoms with E-state index in [4.69, 9.17) is 10.00 Å². The molecule has 0 aromatic heterocycles. The van der Waals surface area contributed by atoms with Crippen molar-refractivity contribution in [3.05, 3.63) is 29.3 Å². The molecule has 0 aliphatic carbocycles. The van der Waals surface area contributed by atoms with Gasteiger partial charge in [0.15, 0.2) is 0 Å². The highest BCUT2D eigenvalue weighted by Crippen LogP contribution is 2.16. The molecule has 3 heteroatoms. The van der Waals surface area contributed by atoms with Crippen LogP contribution in [0.25, 0.3) is 0 Å². The molecule has 0 unspecified atom stereocenters. The normalized spacial score (nSPS) is 9.94. The fourth-order valence-electron chi connectivity index (χ4n) is 1.68. The van der Waals surface area contributed by atoms with Crippen LogP contribution in [0.2, 0.25) is 0 Å². The molecule has 0 radical (unpaired) electrons. The smallest absolute Gasteiger partial charge is 0.101 e. The Balaban J connectivity index is 2.34. The van der Waals surface area contributed by atoms with Crippen LogP contribution in [-0.2, 0) is 4.74 Å². The number of hydrogen-bond donors (Lipinski definition) is 1. The Morgan fingerprint density at radius 2 is 2.12 bits per heavy atom. The van der Waals surface area contributed by atoms with Gasteiger partial charge < -0.3 is 10.1 Å². The van der Waals surface area contributed by atoms with E-state index in [1.54, 1.807) is 7.11 Å². The highest BCUT2D eigenvalue weighted by Gasteiger charge is 2.00. The van der Waals surface area contributed by atoms with Crippen LogP contribution in [-0.4, -0.2) is 20.3 Å². The van der Waals surface area contributed by atoms with E-state index >= 15 is 0 Å². The molecule has 0 heterocycles. The third-order valence-corrected chi connectivity index (χ3v) is 2.64. The number of methoxy groups -OCH3 is 1. The third kappa shape index (κ3) is 4.88. The number of benzene rings is 1. The average molecular weight is 232 g/mol. The van der Waals surface area contributed by atoms with Crippen molar-refractivity contribution in [3.8, 4) is 6.07 Å². The van der Waals surface area contributed by atoms with Crippen molar-refractivity contribution in [1.82, 2.24) is 0 Å². The lowest BCUT2D eigenvalue weighted by Gasteiger charge is -2.08. The van der Waals surface area contributed by atoms with Gasteiger partial charge in [0.05, 0.1) is 11.3 Å². The van der Waals surface area contributed by atoms with E-state index in [-0.39, 0.29) is 0 Å². The molecule has 0 atom stereocenters. The lowest BCUT2D eigenvalue weighted by atomic mass is 10.1. The maximum atomic E-state index is 9.01. The van der Waals surface area contributed by atoms with Gasteiger partial charge in [-0.3, -0.25) is 0 Å². The number of nitriles is 1. The van der Waals surface area contributed by atoms with Crippen LogP contribution >= 0.6 is 0 Å². The molecule has 0 saturated heterocycles. The summed E-state index contributed by atoms with van der Waals surface area (Å²) < 4.78 is 4.99. The number of nitrogens with one attached hydrogen (secondary N) is 1. The van der Waals surface area contributed by atoms with E-state index in [0.717, 1.165) is 49.2 Å². The van der Waals surface area contributed by atoms with Gasteiger partial charge in [0.1, 0.15) is 6.07 Å². The van der Waals surface area contributed by atoms with Gasteiger partial charge in [0, 0.05) is 20.3 Å². The summed E-state index contributed by atoms with van der Waals surface area (Å²) in [6.45, 7) is 3.73. The monoisotopic (exact) mass is 232 g/mol.